The van der Waals surface area contributed by atoms with Crippen molar-refractivity contribution >= 4 is 10.9 Å². The summed E-state index contributed by atoms with van der Waals surface area (Å²) in [4.78, 5) is 7.55. The molecule has 0 radical (unpaired) electrons. The van der Waals surface area contributed by atoms with E-state index in [-0.39, 0.29) is 6.04 Å². The second-order valence-corrected chi connectivity index (χ2v) is 5.34. The lowest BCUT2D eigenvalue weighted by Crippen LogP contribution is -2.17. The van der Waals surface area contributed by atoms with Gasteiger partial charge in [-0.2, -0.15) is 0 Å². The average Bonchev–Trinajstić information content (AvgIpc) is 2.88. The smallest absolute Gasteiger partial charge is 0.214 e. The second kappa shape index (κ2) is 5.97. The Hall–Kier alpha value is -2.33. The number of nitrogens with one attached hydrogen (secondary N) is 1. The lowest BCUT2D eigenvalue weighted by Gasteiger charge is -2.07. The summed E-state index contributed by atoms with van der Waals surface area (Å²) in [6, 6.07) is 12.2. The van der Waals surface area contributed by atoms with E-state index >= 15 is 0 Å². The molecule has 0 spiro atoms. The van der Waals surface area contributed by atoms with E-state index in [0.717, 1.165) is 22.9 Å². The van der Waals surface area contributed by atoms with Crippen LogP contribution in [0.4, 0.5) is 0 Å². The van der Waals surface area contributed by atoms with Gasteiger partial charge in [0.2, 0.25) is 5.88 Å². The number of hydrogen-bond donors (Lipinski definition) is 2. The van der Waals surface area contributed by atoms with Crippen molar-refractivity contribution < 1.29 is 4.74 Å². The number of H-pyrrole nitrogens is 1. The molecule has 0 aliphatic heterocycles. The minimum absolute atomic E-state index is 0.130. The zero-order valence-electron chi connectivity index (χ0n) is 12.0. The van der Waals surface area contributed by atoms with Crippen LogP contribution in [-0.4, -0.2) is 16.0 Å². The Morgan fingerprint density at radius 2 is 2.10 bits per heavy atom. The number of hydrogen-bond acceptors (Lipinski definition) is 3. The molecule has 1 atom stereocenters. The Balaban J connectivity index is 1.79. The standard InChI is InChI=1S/C17H19N3O/c1-12(18)7-14-9-19-16-10-20-17(8-15(14)16)21-11-13-5-3-2-4-6-13/h2-6,8-10,12,19H,7,11,18H2,1H3. The highest BCUT2D eigenvalue weighted by Crippen LogP contribution is 2.23. The quantitative estimate of drug-likeness (QED) is 0.755. The van der Waals surface area contributed by atoms with Crippen LogP contribution in [0.3, 0.4) is 0 Å². The largest absolute Gasteiger partial charge is 0.473 e. The molecule has 0 saturated heterocycles. The van der Waals surface area contributed by atoms with Crippen molar-refractivity contribution in [3.05, 3.63) is 59.9 Å². The monoisotopic (exact) mass is 281 g/mol. The van der Waals surface area contributed by atoms with Crippen LogP contribution in [0.15, 0.2) is 48.8 Å². The summed E-state index contributed by atoms with van der Waals surface area (Å²) in [5.41, 5.74) is 9.23. The Morgan fingerprint density at radius 1 is 1.29 bits per heavy atom. The van der Waals surface area contributed by atoms with Crippen LogP contribution in [0, 0.1) is 0 Å². The third-order valence-corrected chi connectivity index (χ3v) is 3.40. The number of nitrogens with two attached hydrogens (primary N) is 1. The number of ether oxygens (including phenoxy) is 1. The van der Waals surface area contributed by atoms with Gasteiger partial charge in [0.1, 0.15) is 6.61 Å². The average molecular weight is 281 g/mol. The predicted octanol–water partition coefficient (Wildman–Crippen LogP) is 3.03. The van der Waals surface area contributed by atoms with Gasteiger partial charge in [-0.1, -0.05) is 30.3 Å². The minimum atomic E-state index is 0.130. The number of aromatic amines is 1. The first-order chi connectivity index (χ1) is 10.2. The van der Waals surface area contributed by atoms with Crippen LogP contribution in [-0.2, 0) is 13.0 Å². The Morgan fingerprint density at radius 3 is 2.86 bits per heavy atom. The lowest BCUT2D eigenvalue weighted by atomic mass is 10.1. The molecular weight excluding hydrogens is 262 g/mol. The van der Waals surface area contributed by atoms with E-state index in [1.165, 1.54) is 5.56 Å². The minimum Gasteiger partial charge on any atom is -0.473 e. The number of aromatic nitrogens is 2. The molecule has 2 heterocycles. The van der Waals surface area contributed by atoms with Crippen molar-refractivity contribution in [2.75, 3.05) is 0 Å². The van der Waals surface area contributed by atoms with Crippen LogP contribution in [0.2, 0.25) is 0 Å². The molecule has 3 N–H and O–H groups in total. The summed E-state index contributed by atoms with van der Waals surface area (Å²) >= 11 is 0. The molecule has 108 valence electrons. The van der Waals surface area contributed by atoms with E-state index in [1.54, 1.807) is 6.20 Å². The normalized spacial score (nSPS) is 12.5. The van der Waals surface area contributed by atoms with Crippen LogP contribution in [0.5, 0.6) is 5.88 Å². The molecule has 21 heavy (non-hydrogen) atoms. The van der Waals surface area contributed by atoms with E-state index in [2.05, 4.69) is 9.97 Å². The Labute approximate surface area is 124 Å². The first-order valence-corrected chi connectivity index (χ1v) is 7.10. The highest BCUT2D eigenvalue weighted by atomic mass is 16.5. The number of nitrogens with zero attached hydrogens (tertiary/aromatic N) is 1. The van der Waals surface area contributed by atoms with E-state index < -0.39 is 0 Å². The molecule has 2 aromatic heterocycles. The molecule has 0 saturated carbocycles. The summed E-state index contributed by atoms with van der Waals surface area (Å²) in [5, 5.41) is 1.13. The zero-order chi connectivity index (χ0) is 14.7. The van der Waals surface area contributed by atoms with Gasteiger partial charge in [0.15, 0.2) is 0 Å². The van der Waals surface area contributed by atoms with E-state index in [9.17, 15) is 0 Å². The molecule has 0 fully saturated rings. The van der Waals surface area contributed by atoms with Gasteiger partial charge in [-0.05, 0) is 24.5 Å². The molecule has 4 heteroatoms. The third-order valence-electron chi connectivity index (χ3n) is 3.40. The van der Waals surface area contributed by atoms with Crippen molar-refractivity contribution in [3.8, 4) is 5.88 Å². The van der Waals surface area contributed by atoms with Crippen LogP contribution in [0.25, 0.3) is 10.9 Å². The van der Waals surface area contributed by atoms with Crippen molar-refractivity contribution in [1.29, 1.82) is 0 Å². The number of rotatable bonds is 5. The Bertz CT molecular complexity index is 719. The van der Waals surface area contributed by atoms with Gasteiger partial charge >= 0.3 is 0 Å². The zero-order valence-corrected chi connectivity index (χ0v) is 12.0. The fourth-order valence-electron chi connectivity index (χ4n) is 2.39. The van der Waals surface area contributed by atoms with Gasteiger partial charge in [0.25, 0.3) is 0 Å². The maximum atomic E-state index is 5.89. The van der Waals surface area contributed by atoms with Crippen molar-refractivity contribution in [2.24, 2.45) is 5.73 Å². The Kier molecular flexibility index (Phi) is 3.88. The van der Waals surface area contributed by atoms with Crippen molar-refractivity contribution in [2.45, 2.75) is 26.0 Å². The summed E-state index contributed by atoms with van der Waals surface area (Å²) in [7, 11) is 0. The second-order valence-electron chi connectivity index (χ2n) is 5.34. The van der Waals surface area contributed by atoms with E-state index in [0.29, 0.717) is 12.5 Å². The van der Waals surface area contributed by atoms with Crippen LogP contribution >= 0.6 is 0 Å². The topological polar surface area (TPSA) is 63.9 Å². The summed E-state index contributed by atoms with van der Waals surface area (Å²) in [6.45, 7) is 2.53. The predicted molar refractivity (Wildman–Crippen MR) is 84.2 cm³/mol. The first kappa shape index (κ1) is 13.6. The van der Waals surface area contributed by atoms with Gasteiger partial charge in [0, 0.05) is 23.7 Å². The molecule has 3 aromatic rings. The molecule has 3 rings (SSSR count). The van der Waals surface area contributed by atoms with Gasteiger partial charge in [0.05, 0.1) is 11.7 Å². The van der Waals surface area contributed by atoms with Crippen molar-refractivity contribution in [3.63, 3.8) is 0 Å². The third kappa shape index (κ3) is 3.23. The fraction of sp³-hybridized carbons (Fsp3) is 0.235. The molecule has 0 aliphatic carbocycles. The van der Waals surface area contributed by atoms with Crippen LogP contribution < -0.4 is 10.5 Å². The fourth-order valence-corrected chi connectivity index (χ4v) is 2.39. The molecule has 0 amide bonds. The number of benzene rings is 1. The molecule has 4 nitrogen and oxygen atoms in total. The van der Waals surface area contributed by atoms with Gasteiger partial charge < -0.3 is 15.5 Å². The highest BCUT2D eigenvalue weighted by Gasteiger charge is 2.08. The molecular formula is C17H19N3O. The first-order valence-electron chi connectivity index (χ1n) is 7.10. The molecule has 1 unspecified atom stereocenters. The van der Waals surface area contributed by atoms with Crippen molar-refractivity contribution in [1.82, 2.24) is 9.97 Å². The van der Waals surface area contributed by atoms with Gasteiger partial charge in [-0.15, -0.1) is 0 Å². The van der Waals surface area contributed by atoms with Gasteiger partial charge in [-0.25, -0.2) is 4.98 Å². The number of fused-ring (bicyclic) bond motifs is 1. The lowest BCUT2D eigenvalue weighted by molar-refractivity contribution is 0.294. The molecule has 1 aromatic carbocycles. The summed E-state index contributed by atoms with van der Waals surface area (Å²) in [5.74, 6) is 0.636. The van der Waals surface area contributed by atoms with Gasteiger partial charge in [-0.3, -0.25) is 0 Å². The maximum absolute atomic E-state index is 5.89. The SMILES string of the molecule is CC(N)Cc1c[nH]c2cnc(OCc3ccccc3)cc12. The number of pyridine rings is 1. The summed E-state index contributed by atoms with van der Waals surface area (Å²) < 4.78 is 5.77. The van der Waals surface area contributed by atoms with Crippen LogP contribution in [0.1, 0.15) is 18.1 Å². The van der Waals surface area contributed by atoms with E-state index in [1.807, 2.05) is 49.5 Å². The summed E-state index contributed by atoms with van der Waals surface area (Å²) in [6.07, 6.45) is 4.64. The highest BCUT2D eigenvalue weighted by molar-refractivity contribution is 5.83. The molecule has 0 aliphatic rings. The molecule has 0 bridgehead atoms. The van der Waals surface area contributed by atoms with E-state index in [4.69, 9.17) is 10.5 Å². The maximum Gasteiger partial charge on any atom is 0.214 e.